The van der Waals surface area contributed by atoms with E-state index in [1.165, 1.54) is 0 Å². The minimum absolute atomic E-state index is 0.686. The molecule has 2 N–H and O–H groups in total. The maximum atomic E-state index is 10.2. The molecule has 0 saturated heterocycles. The highest BCUT2D eigenvalue weighted by molar-refractivity contribution is 5.89. The van der Waals surface area contributed by atoms with Crippen molar-refractivity contribution >= 4 is 11.5 Å². The van der Waals surface area contributed by atoms with E-state index < -0.39 is 5.97 Å². The van der Waals surface area contributed by atoms with Crippen molar-refractivity contribution in [2.24, 2.45) is 0 Å². The van der Waals surface area contributed by atoms with Crippen molar-refractivity contribution in [2.75, 3.05) is 0 Å². The number of carboxylic acids is 1. The van der Waals surface area contributed by atoms with Crippen LogP contribution in [0.25, 0.3) is 5.57 Å². The maximum absolute atomic E-state index is 10.2. The van der Waals surface area contributed by atoms with Crippen LogP contribution in [-0.4, -0.2) is 21.3 Å². The first-order valence-corrected chi connectivity index (χ1v) is 3.10. The van der Waals surface area contributed by atoms with Crippen molar-refractivity contribution in [2.45, 2.75) is 6.92 Å². The summed E-state index contributed by atoms with van der Waals surface area (Å²) >= 11 is 0. The van der Waals surface area contributed by atoms with Crippen LogP contribution < -0.4 is 0 Å². The lowest BCUT2D eigenvalue weighted by molar-refractivity contribution is -0.131. The number of nitrogens with zero attached hydrogens (tertiary/aromatic N) is 1. The number of carboxylic acid groups (broad SMARTS) is 1. The van der Waals surface area contributed by atoms with Gasteiger partial charge in [-0.05, 0) is 12.5 Å². The third-order valence-electron chi connectivity index (χ3n) is 1.29. The van der Waals surface area contributed by atoms with E-state index in [4.69, 9.17) is 5.11 Å². The van der Waals surface area contributed by atoms with Gasteiger partial charge in [-0.15, -0.1) is 0 Å². The van der Waals surface area contributed by atoms with E-state index in [1.807, 2.05) is 0 Å². The molecule has 4 nitrogen and oxygen atoms in total. The zero-order chi connectivity index (χ0) is 8.27. The fourth-order valence-corrected chi connectivity index (χ4v) is 0.735. The number of carbonyl (C=O) groups is 1. The van der Waals surface area contributed by atoms with Gasteiger partial charge in [-0.2, -0.15) is 5.10 Å². The molecule has 0 aliphatic carbocycles. The molecular formula is C7H8N2O2. The van der Waals surface area contributed by atoms with E-state index in [0.717, 1.165) is 11.6 Å². The number of hydrogen-bond acceptors (Lipinski definition) is 2. The van der Waals surface area contributed by atoms with E-state index in [1.54, 1.807) is 19.3 Å². The second-order valence-electron chi connectivity index (χ2n) is 2.15. The lowest BCUT2D eigenvalue weighted by Crippen LogP contribution is -1.88. The lowest BCUT2D eigenvalue weighted by Gasteiger charge is -1.90. The van der Waals surface area contributed by atoms with Gasteiger partial charge in [-0.3, -0.25) is 5.10 Å². The molecule has 4 heteroatoms. The molecule has 11 heavy (non-hydrogen) atoms. The second-order valence-corrected chi connectivity index (χ2v) is 2.15. The molecule has 0 aromatic carbocycles. The Morgan fingerprint density at radius 2 is 2.55 bits per heavy atom. The molecule has 1 heterocycles. The van der Waals surface area contributed by atoms with Gasteiger partial charge in [-0.25, -0.2) is 4.79 Å². The fraction of sp³-hybridized carbons (Fsp3) is 0.143. The number of aliphatic carboxylic acids is 1. The Morgan fingerprint density at radius 1 is 1.82 bits per heavy atom. The Kier molecular flexibility index (Phi) is 2.06. The Morgan fingerprint density at radius 3 is 3.00 bits per heavy atom. The Bertz CT molecular complexity index is 275. The molecular weight excluding hydrogens is 144 g/mol. The summed E-state index contributed by atoms with van der Waals surface area (Å²) in [6.45, 7) is 1.72. The standard InChI is InChI=1S/C7H8N2O2/c1-5(2-7(10)11)6-3-8-9-4-6/h2-4H,1H3,(H,8,9)(H,10,11)/b5-2+. The summed E-state index contributed by atoms with van der Waals surface area (Å²) in [5.41, 5.74) is 1.48. The van der Waals surface area contributed by atoms with Crippen LogP contribution in [0, 0.1) is 0 Å². The second kappa shape index (κ2) is 3.01. The summed E-state index contributed by atoms with van der Waals surface area (Å²) in [5, 5.41) is 14.7. The minimum Gasteiger partial charge on any atom is -0.478 e. The van der Waals surface area contributed by atoms with Gasteiger partial charge in [0.25, 0.3) is 0 Å². The highest BCUT2D eigenvalue weighted by atomic mass is 16.4. The SMILES string of the molecule is C/C(=C\C(=O)O)c1cn[nH]c1. The van der Waals surface area contributed by atoms with E-state index in [9.17, 15) is 4.79 Å². The monoisotopic (exact) mass is 152 g/mol. The molecule has 1 rings (SSSR count). The van der Waals surface area contributed by atoms with Crippen LogP contribution in [0.1, 0.15) is 12.5 Å². The van der Waals surface area contributed by atoms with Crippen LogP contribution >= 0.6 is 0 Å². The molecule has 0 spiro atoms. The number of H-pyrrole nitrogens is 1. The fourth-order valence-electron chi connectivity index (χ4n) is 0.735. The van der Waals surface area contributed by atoms with Crippen LogP contribution in [0.3, 0.4) is 0 Å². The van der Waals surface area contributed by atoms with Gasteiger partial charge in [0, 0.05) is 17.8 Å². The average molecular weight is 152 g/mol. The minimum atomic E-state index is -0.941. The predicted octanol–water partition coefficient (Wildman–Crippen LogP) is 0.898. The molecule has 0 saturated carbocycles. The van der Waals surface area contributed by atoms with Gasteiger partial charge >= 0.3 is 5.97 Å². The quantitative estimate of drug-likeness (QED) is 0.618. The Hall–Kier alpha value is -1.58. The summed E-state index contributed by atoms with van der Waals surface area (Å²) in [5.74, 6) is -0.941. The van der Waals surface area contributed by atoms with Crippen LogP contribution in [0.5, 0.6) is 0 Å². The first kappa shape index (κ1) is 7.53. The third kappa shape index (κ3) is 1.93. The molecule has 58 valence electrons. The first-order valence-electron chi connectivity index (χ1n) is 3.10. The molecule has 0 aliphatic rings. The van der Waals surface area contributed by atoms with Gasteiger partial charge < -0.3 is 5.11 Å². The summed E-state index contributed by atoms with van der Waals surface area (Å²) in [6, 6.07) is 0. The smallest absolute Gasteiger partial charge is 0.328 e. The third-order valence-corrected chi connectivity index (χ3v) is 1.29. The first-order chi connectivity index (χ1) is 5.20. The van der Waals surface area contributed by atoms with Gasteiger partial charge in [-0.1, -0.05) is 0 Å². The summed E-state index contributed by atoms with van der Waals surface area (Å²) in [7, 11) is 0. The summed E-state index contributed by atoms with van der Waals surface area (Å²) in [4.78, 5) is 10.2. The Balaban J connectivity index is 2.86. The number of aromatic amines is 1. The zero-order valence-electron chi connectivity index (χ0n) is 6.03. The zero-order valence-corrected chi connectivity index (χ0v) is 6.03. The molecule has 0 radical (unpaired) electrons. The van der Waals surface area contributed by atoms with Crippen LogP contribution in [-0.2, 0) is 4.79 Å². The normalized spacial score (nSPS) is 11.5. The summed E-state index contributed by atoms with van der Waals surface area (Å²) < 4.78 is 0. The van der Waals surface area contributed by atoms with Crippen molar-refractivity contribution in [1.82, 2.24) is 10.2 Å². The van der Waals surface area contributed by atoms with E-state index in [0.29, 0.717) is 5.57 Å². The van der Waals surface area contributed by atoms with E-state index in [2.05, 4.69) is 10.2 Å². The molecule has 0 aliphatic heterocycles. The van der Waals surface area contributed by atoms with Crippen LogP contribution in [0.2, 0.25) is 0 Å². The van der Waals surface area contributed by atoms with Crippen LogP contribution in [0.4, 0.5) is 0 Å². The highest BCUT2D eigenvalue weighted by Crippen LogP contribution is 2.09. The van der Waals surface area contributed by atoms with Crippen molar-refractivity contribution < 1.29 is 9.90 Å². The van der Waals surface area contributed by atoms with Gasteiger partial charge in [0.15, 0.2) is 0 Å². The van der Waals surface area contributed by atoms with Crippen molar-refractivity contribution in [3.05, 3.63) is 24.0 Å². The van der Waals surface area contributed by atoms with Gasteiger partial charge in [0.1, 0.15) is 0 Å². The van der Waals surface area contributed by atoms with Crippen molar-refractivity contribution in [1.29, 1.82) is 0 Å². The van der Waals surface area contributed by atoms with Gasteiger partial charge in [0.2, 0.25) is 0 Å². The number of hydrogen-bond donors (Lipinski definition) is 2. The Labute approximate surface area is 63.6 Å². The average Bonchev–Trinajstić information content (AvgIpc) is 2.35. The summed E-state index contributed by atoms with van der Waals surface area (Å²) in [6.07, 6.45) is 4.37. The number of allylic oxidation sites excluding steroid dienone is 1. The maximum Gasteiger partial charge on any atom is 0.328 e. The number of rotatable bonds is 2. The molecule has 0 fully saturated rings. The molecule has 0 unspecified atom stereocenters. The van der Waals surface area contributed by atoms with E-state index >= 15 is 0 Å². The van der Waals surface area contributed by atoms with Crippen LogP contribution in [0.15, 0.2) is 18.5 Å². The lowest BCUT2D eigenvalue weighted by atomic mass is 10.2. The number of aromatic nitrogens is 2. The molecule has 0 bridgehead atoms. The van der Waals surface area contributed by atoms with Crippen molar-refractivity contribution in [3.63, 3.8) is 0 Å². The van der Waals surface area contributed by atoms with E-state index in [-0.39, 0.29) is 0 Å². The topological polar surface area (TPSA) is 66.0 Å². The van der Waals surface area contributed by atoms with Gasteiger partial charge in [0.05, 0.1) is 6.20 Å². The molecule has 0 atom stereocenters. The highest BCUT2D eigenvalue weighted by Gasteiger charge is 1.97. The van der Waals surface area contributed by atoms with Crippen molar-refractivity contribution in [3.8, 4) is 0 Å². The molecule has 1 aromatic heterocycles. The largest absolute Gasteiger partial charge is 0.478 e. The predicted molar refractivity (Wildman–Crippen MR) is 39.9 cm³/mol. The molecule has 1 aromatic rings. The number of nitrogens with one attached hydrogen (secondary N) is 1. The molecule has 0 amide bonds.